The van der Waals surface area contributed by atoms with Crippen molar-refractivity contribution in [3.05, 3.63) is 46.6 Å². The number of rotatable bonds is 1. The number of benzene rings is 1. The van der Waals surface area contributed by atoms with Gasteiger partial charge in [-0.05, 0) is 12.1 Å². The molecule has 1 aromatic carbocycles. The molecule has 0 spiro atoms. The lowest BCUT2D eigenvalue weighted by Gasteiger charge is -2.01. The van der Waals surface area contributed by atoms with E-state index in [1.54, 1.807) is 0 Å². The third-order valence-electron chi connectivity index (χ3n) is 1.74. The Labute approximate surface area is 76.8 Å². The molecular formula is C8H5F2N3O. The number of hydrogen-bond acceptors (Lipinski definition) is 2. The molecule has 0 fully saturated rings. The molecule has 0 saturated heterocycles. The Bertz CT molecular complexity index is 517. The number of nitrogens with zero attached hydrogens (tertiary/aromatic N) is 2. The first-order valence-corrected chi connectivity index (χ1v) is 3.76. The summed E-state index contributed by atoms with van der Waals surface area (Å²) in [4.78, 5) is 11.0. The molecule has 0 aliphatic carbocycles. The average molecular weight is 197 g/mol. The Morgan fingerprint density at radius 3 is 2.79 bits per heavy atom. The SMILES string of the molecule is O=c1[nH]ncn1-c1cccc(F)c1F. The van der Waals surface area contributed by atoms with Crippen molar-refractivity contribution in [3.8, 4) is 5.69 Å². The zero-order valence-electron chi connectivity index (χ0n) is 6.87. The zero-order valence-corrected chi connectivity index (χ0v) is 6.87. The van der Waals surface area contributed by atoms with Crippen molar-refractivity contribution in [1.29, 1.82) is 0 Å². The van der Waals surface area contributed by atoms with E-state index < -0.39 is 17.3 Å². The van der Waals surface area contributed by atoms with Crippen molar-refractivity contribution >= 4 is 0 Å². The van der Waals surface area contributed by atoms with Gasteiger partial charge in [0, 0.05) is 0 Å². The van der Waals surface area contributed by atoms with Crippen molar-refractivity contribution in [1.82, 2.24) is 14.8 Å². The molecule has 4 nitrogen and oxygen atoms in total. The topological polar surface area (TPSA) is 50.7 Å². The summed E-state index contributed by atoms with van der Waals surface area (Å²) in [6, 6.07) is 3.58. The quantitative estimate of drug-likeness (QED) is 0.736. The molecule has 14 heavy (non-hydrogen) atoms. The second-order valence-electron chi connectivity index (χ2n) is 2.60. The molecule has 0 saturated carbocycles. The standard InChI is InChI=1S/C8H5F2N3O/c9-5-2-1-3-6(7(5)10)13-4-11-12-8(13)14/h1-4H,(H,12,14). The van der Waals surface area contributed by atoms with Crippen molar-refractivity contribution < 1.29 is 8.78 Å². The van der Waals surface area contributed by atoms with Crippen molar-refractivity contribution in [3.63, 3.8) is 0 Å². The van der Waals surface area contributed by atoms with E-state index in [4.69, 9.17) is 0 Å². The van der Waals surface area contributed by atoms with Gasteiger partial charge in [-0.1, -0.05) is 6.07 Å². The first kappa shape index (κ1) is 8.61. The van der Waals surface area contributed by atoms with Crippen LogP contribution >= 0.6 is 0 Å². The Hall–Kier alpha value is -1.98. The lowest BCUT2D eigenvalue weighted by molar-refractivity contribution is 0.503. The van der Waals surface area contributed by atoms with Gasteiger partial charge in [-0.2, -0.15) is 5.10 Å². The van der Waals surface area contributed by atoms with Gasteiger partial charge in [-0.25, -0.2) is 23.2 Å². The Kier molecular flexibility index (Phi) is 1.88. The molecule has 0 unspecified atom stereocenters. The van der Waals surface area contributed by atoms with Crippen LogP contribution in [0.25, 0.3) is 5.69 Å². The second kappa shape index (κ2) is 3.06. The highest BCUT2D eigenvalue weighted by Crippen LogP contribution is 2.13. The lowest BCUT2D eigenvalue weighted by atomic mass is 10.3. The fourth-order valence-corrected chi connectivity index (χ4v) is 1.10. The molecule has 1 heterocycles. The fraction of sp³-hybridized carbons (Fsp3) is 0. The monoisotopic (exact) mass is 197 g/mol. The predicted molar refractivity (Wildman–Crippen MR) is 44.1 cm³/mol. The van der Waals surface area contributed by atoms with Gasteiger partial charge in [0.1, 0.15) is 6.33 Å². The maximum atomic E-state index is 13.2. The van der Waals surface area contributed by atoms with E-state index >= 15 is 0 Å². The first-order valence-electron chi connectivity index (χ1n) is 3.76. The maximum absolute atomic E-state index is 13.2. The fourth-order valence-electron chi connectivity index (χ4n) is 1.10. The molecule has 0 bridgehead atoms. The maximum Gasteiger partial charge on any atom is 0.347 e. The molecule has 72 valence electrons. The van der Waals surface area contributed by atoms with E-state index in [1.165, 1.54) is 12.1 Å². The summed E-state index contributed by atoms with van der Waals surface area (Å²) >= 11 is 0. The van der Waals surface area contributed by atoms with Gasteiger partial charge in [-0.3, -0.25) is 0 Å². The van der Waals surface area contributed by atoms with Gasteiger partial charge in [0.25, 0.3) is 0 Å². The summed E-state index contributed by atoms with van der Waals surface area (Å²) in [7, 11) is 0. The minimum Gasteiger partial charge on any atom is -0.247 e. The molecule has 0 aliphatic rings. The summed E-state index contributed by atoms with van der Waals surface area (Å²) in [5, 5.41) is 5.49. The van der Waals surface area contributed by atoms with Crippen LogP contribution in [-0.4, -0.2) is 14.8 Å². The van der Waals surface area contributed by atoms with Gasteiger partial charge in [0.05, 0.1) is 5.69 Å². The minimum absolute atomic E-state index is 0.163. The van der Waals surface area contributed by atoms with Crippen molar-refractivity contribution in [2.24, 2.45) is 0 Å². The molecule has 1 N–H and O–H groups in total. The number of H-pyrrole nitrogens is 1. The van der Waals surface area contributed by atoms with Crippen LogP contribution in [0.1, 0.15) is 0 Å². The Balaban J connectivity index is 2.69. The molecule has 2 aromatic rings. The number of halogens is 2. The van der Waals surface area contributed by atoms with Crippen LogP contribution in [0.5, 0.6) is 0 Å². The highest BCUT2D eigenvalue weighted by molar-refractivity contribution is 5.33. The van der Waals surface area contributed by atoms with Gasteiger partial charge in [0.15, 0.2) is 11.6 Å². The predicted octanol–water partition coefficient (Wildman–Crippen LogP) is 0.839. The number of hydrogen-bond donors (Lipinski definition) is 1. The Morgan fingerprint density at radius 2 is 2.14 bits per heavy atom. The van der Waals surface area contributed by atoms with E-state index in [1.807, 2.05) is 0 Å². The molecule has 0 radical (unpaired) electrons. The number of aromatic amines is 1. The van der Waals surface area contributed by atoms with E-state index in [9.17, 15) is 13.6 Å². The smallest absolute Gasteiger partial charge is 0.247 e. The molecule has 1 aromatic heterocycles. The van der Waals surface area contributed by atoms with Crippen LogP contribution in [0.15, 0.2) is 29.3 Å². The molecule has 6 heteroatoms. The largest absolute Gasteiger partial charge is 0.347 e. The molecule has 2 rings (SSSR count). The zero-order chi connectivity index (χ0) is 10.1. The van der Waals surface area contributed by atoms with Gasteiger partial charge in [0.2, 0.25) is 0 Å². The second-order valence-corrected chi connectivity index (χ2v) is 2.60. The molecule has 0 aliphatic heterocycles. The molecule has 0 amide bonds. The van der Waals surface area contributed by atoms with Gasteiger partial charge >= 0.3 is 5.69 Å². The summed E-state index contributed by atoms with van der Waals surface area (Å²) < 4.78 is 26.8. The molecule has 0 atom stereocenters. The highest BCUT2D eigenvalue weighted by atomic mass is 19.2. The van der Waals surface area contributed by atoms with Crippen molar-refractivity contribution in [2.75, 3.05) is 0 Å². The van der Waals surface area contributed by atoms with E-state index in [0.29, 0.717) is 0 Å². The van der Waals surface area contributed by atoms with Crippen LogP contribution < -0.4 is 5.69 Å². The van der Waals surface area contributed by atoms with Gasteiger partial charge in [-0.15, -0.1) is 0 Å². The van der Waals surface area contributed by atoms with Crippen LogP contribution in [0, 0.1) is 11.6 Å². The van der Waals surface area contributed by atoms with E-state index in [-0.39, 0.29) is 5.69 Å². The van der Waals surface area contributed by atoms with Crippen LogP contribution in [0.4, 0.5) is 8.78 Å². The number of nitrogens with one attached hydrogen (secondary N) is 1. The van der Waals surface area contributed by atoms with Crippen molar-refractivity contribution in [2.45, 2.75) is 0 Å². The van der Waals surface area contributed by atoms with Crippen LogP contribution in [0.2, 0.25) is 0 Å². The summed E-state index contributed by atoms with van der Waals surface area (Å²) in [6.07, 6.45) is 1.08. The lowest BCUT2D eigenvalue weighted by Crippen LogP contribution is -2.15. The highest BCUT2D eigenvalue weighted by Gasteiger charge is 2.10. The Morgan fingerprint density at radius 1 is 1.36 bits per heavy atom. The molecular weight excluding hydrogens is 192 g/mol. The summed E-state index contributed by atoms with van der Waals surface area (Å²) in [5.74, 6) is -2.08. The normalized spacial score (nSPS) is 10.4. The first-order chi connectivity index (χ1) is 6.70. The van der Waals surface area contributed by atoms with Crippen LogP contribution in [0.3, 0.4) is 0 Å². The summed E-state index contributed by atoms with van der Waals surface area (Å²) in [6.45, 7) is 0. The number of aromatic nitrogens is 3. The van der Waals surface area contributed by atoms with E-state index in [2.05, 4.69) is 10.2 Å². The van der Waals surface area contributed by atoms with Crippen LogP contribution in [-0.2, 0) is 0 Å². The third-order valence-corrected chi connectivity index (χ3v) is 1.74. The van der Waals surface area contributed by atoms with E-state index in [0.717, 1.165) is 17.0 Å². The third kappa shape index (κ3) is 1.20. The average Bonchev–Trinajstić information content (AvgIpc) is 2.57. The summed E-state index contributed by atoms with van der Waals surface area (Å²) in [5.41, 5.74) is -0.779. The minimum atomic E-state index is -1.07. The van der Waals surface area contributed by atoms with Gasteiger partial charge < -0.3 is 0 Å².